The maximum atomic E-state index is 13.4. The number of fused-ring (bicyclic) bond motifs is 1. The van der Waals surface area contributed by atoms with E-state index in [0.717, 1.165) is 48.6 Å². The summed E-state index contributed by atoms with van der Waals surface area (Å²) in [6, 6.07) is 15.9. The van der Waals surface area contributed by atoms with Gasteiger partial charge in [-0.15, -0.1) is 0 Å². The lowest BCUT2D eigenvalue weighted by Gasteiger charge is -2.34. The summed E-state index contributed by atoms with van der Waals surface area (Å²) < 4.78 is 1.60. The largest absolute Gasteiger partial charge is 0.369 e. The second kappa shape index (κ2) is 9.83. The van der Waals surface area contributed by atoms with Gasteiger partial charge in [0.1, 0.15) is 5.65 Å². The number of likely N-dealkylation sites (N-methyl/N-ethyl adjacent to an activating group) is 1. The molecular formula is C28H30N6O2. The normalized spacial score (nSPS) is 14.2. The van der Waals surface area contributed by atoms with Crippen molar-refractivity contribution in [3.63, 3.8) is 0 Å². The zero-order valence-electron chi connectivity index (χ0n) is 20.6. The minimum Gasteiger partial charge on any atom is -0.369 e. The number of carbonyl (C=O) groups is 1. The molecule has 0 bridgehead atoms. The molecule has 8 nitrogen and oxygen atoms in total. The van der Waals surface area contributed by atoms with Gasteiger partial charge in [-0.1, -0.05) is 30.8 Å². The van der Waals surface area contributed by atoms with E-state index in [2.05, 4.69) is 63.0 Å². The Morgan fingerprint density at radius 3 is 2.56 bits per heavy atom. The van der Waals surface area contributed by atoms with Crippen molar-refractivity contribution in [3.8, 4) is 22.4 Å². The molecule has 4 aromatic rings. The highest BCUT2D eigenvalue weighted by Crippen LogP contribution is 2.37. The maximum Gasteiger partial charge on any atom is 0.263 e. The highest BCUT2D eigenvalue weighted by molar-refractivity contribution is 6.04. The van der Waals surface area contributed by atoms with Crippen molar-refractivity contribution in [1.29, 1.82) is 0 Å². The van der Waals surface area contributed by atoms with Crippen molar-refractivity contribution in [2.24, 2.45) is 0 Å². The third-order valence-electron chi connectivity index (χ3n) is 6.75. The number of aromatic nitrogens is 3. The summed E-state index contributed by atoms with van der Waals surface area (Å²) in [7, 11) is 2.15. The zero-order valence-corrected chi connectivity index (χ0v) is 20.6. The molecule has 5 rings (SSSR count). The highest BCUT2D eigenvalue weighted by Gasteiger charge is 2.21. The van der Waals surface area contributed by atoms with Crippen LogP contribution in [0.1, 0.15) is 6.92 Å². The number of benzene rings is 2. The quantitative estimate of drug-likeness (QED) is 0.407. The number of anilines is 2. The van der Waals surface area contributed by atoms with Crippen LogP contribution in [0.2, 0.25) is 0 Å². The van der Waals surface area contributed by atoms with E-state index in [4.69, 9.17) is 0 Å². The van der Waals surface area contributed by atoms with Gasteiger partial charge in [-0.2, -0.15) is 0 Å². The topological polar surface area (TPSA) is 86.3 Å². The lowest BCUT2D eigenvalue weighted by molar-refractivity contribution is -0.111. The summed E-state index contributed by atoms with van der Waals surface area (Å²) in [5.41, 5.74) is 5.62. The van der Waals surface area contributed by atoms with Gasteiger partial charge in [0.15, 0.2) is 0 Å². The molecule has 0 unspecified atom stereocenters. The number of amides is 1. The van der Waals surface area contributed by atoms with Crippen LogP contribution in [0, 0.1) is 0 Å². The molecule has 2 aromatic heterocycles. The average molecular weight is 483 g/mol. The van der Waals surface area contributed by atoms with E-state index in [-0.39, 0.29) is 11.5 Å². The van der Waals surface area contributed by atoms with Crippen molar-refractivity contribution in [2.75, 3.05) is 43.4 Å². The predicted molar refractivity (Wildman–Crippen MR) is 145 cm³/mol. The molecular weight excluding hydrogens is 452 g/mol. The molecule has 3 heterocycles. The first-order valence-electron chi connectivity index (χ1n) is 12.2. The third kappa shape index (κ3) is 4.43. The fourth-order valence-electron chi connectivity index (χ4n) is 4.70. The van der Waals surface area contributed by atoms with Crippen LogP contribution < -0.4 is 15.8 Å². The van der Waals surface area contributed by atoms with Crippen LogP contribution in [-0.4, -0.2) is 58.6 Å². The first-order chi connectivity index (χ1) is 17.5. The summed E-state index contributed by atoms with van der Waals surface area (Å²) in [6.45, 7) is 10.1. The molecule has 0 spiro atoms. The smallest absolute Gasteiger partial charge is 0.263 e. The van der Waals surface area contributed by atoms with Gasteiger partial charge in [-0.25, -0.2) is 4.98 Å². The number of rotatable bonds is 6. The number of carbonyl (C=O) groups excluding carboxylic acids is 1. The number of hydrogen-bond acceptors (Lipinski definition) is 5. The Bertz CT molecular complexity index is 1480. The molecule has 8 heteroatoms. The standard InChI is InChI=1S/C28H30N6O2/c1-4-23(35)30-21-8-6-7-20(17-21)24-25-27(29-18-33(5-2)28(25)36)31-26(24)19-9-11-22(12-10-19)34-15-13-32(3)14-16-34/h4,6-12,17-18,31H,1,5,13-16H2,2-3H3,(H,30,35). The molecule has 36 heavy (non-hydrogen) atoms. The zero-order chi connectivity index (χ0) is 25.2. The number of hydrogen-bond donors (Lipinski definition) is 2. The van der Waals surface area contributed by atoms with Crippen LogP contribution in [0.15, 0.2) is 72.3 Å². The van der Waals surface area contributed by atoms with Gasteiger partial charge in [0.2, 0.25) is 5.91 Å². The molecule has 0 saturated carbocycles. The van der Waals surface area contributed by atoms with Crippen LogP contribution in [0.3, 0.4) is 0 Å². The Balaban J connectivity index is 1.63. The minimum absolute atomic E-state index is 0.102. The molecule has 1 fully saturated rings. The molecule has 184 valence electrons. The predicted octanol–water partition coefficient (Wildman–Crippen LogP) is 3.95. The van der Waals surface area contributed by atoms with Crippen LogP contribution >= 0.6 is 0 Å². The maximum absolute atomic E-state index is 13.4. The van der Waals surface area contributed by atoms with E-state index in [0.29, 0.717) is 23.3 Å². The lowest BCUT2D eigenvalue weighted by Crippen LogP contribution is -2.44. The van der Waals surface area contributed by atoms with Gasteiger partial charge in [0.05, 0.1) is 17.4 Å². The Kier molecular flexibility index (Phi) is 6.43. The molecule has 0 radical (unpaired) electrons. The Hall–Kier alpha value is -4.17. The SMILES string of the molecule is C=CC(=O)Nc1cccc(-c2c(-c3ccc(N4CCN(C)CC4)cc3)[nH]c3ncn(CC)c(=O)c23)c1. The summed E-state index contributed by atoms with van der Waals surface area (Å²) >= 11 is 0. The van der Waals surface area contributed by atoms with Gasteiger partial charge >= 0.3 is 0 Å². The summed E-state index contributed by atoms with van der Waals surface area (Å²) in [5, 5.41) is 3.34. The van der Waals surface area contributed by atoms with E-state index < -0.39 is 0 Å². The summed E-state index contributed by atoms with van der Waals surface area (Å²) in [5.74, 6) is -0.291. The average Bonchev–Trinajstić information content (AvgIpc) is 3.30. The molecule has 2 aromatic carbocycles. The number of aromatic amines is 1. The van der Waals surface area contributed by atoms with Crippen LogP contribution in [0.25, 0.3) is 33.4 Å². The van der Waals surface area contributed by atoms with Gasteiger partial charge in [0.25, 0.3) is 5.56 Å². The van der Waals surface area contributed by atoms with E-state index in [9.17, 15) is 9.59 Å². The van der Waals surface area contributed by atoms with Crippen molar-refractivity contribution < 1.29 is 4.79 Å². The monoisotopic (exact) mass is 482 g/mol. The fraction of sp³-hybridized carbons (Fsp3) is 0.250. The number of nitrogens with zero attached hydrogens (tertiary/aromatic N) is 4. The van der Waals surface area contributed by atoms with Crippen LogP contribution in [-0.2, 0) is 11.3 Å². The lowest BCUT2D eigenvalue weighted by atomic mass is 9.98. The molecule has 0 atom stereocenters. The van der Waals surface area contributed by atoms with Gasteiger partial charge in [-0.3, -0.25) is 14.2 Å². The van der Waals surface area contributed by atoms with E-state index >= 15 is 0 Å². The molecule has 2 N–H and O–H groups in total. The Morgan fingerprint density at radius 1 is 1.11 bits per heavy atom. The second-order valence-corrected chi connectivity index (χ2v) is 9.05. The molecule has 1 saturated heterocycles. The van der Waals surface area contributed by atoms with Crippen molar-refractivity contribution in [1.82, 2.24) is 19.4 Å². The van der Waals surface area contributed by atoms with Gasteiger partial charge in [0, 0.05) is 49.7 Å². The second-order valence-electron chi connectivity index (χ2n) is 9.05. The van der Waals surface area contributed by atoms with Crippen molar-refractivity contribution in [2.45, 2.75) is 13.5 Å². The van der Waals surface area contributed by atoms with Gasteiger partial charge in [-0.05, 0) is 55.4 Å². The van der Waals surface area contributed by atoms with E-state index in [1.54, 1.807) is 10.9 Å². The third-order valence-corrected chi connectivity index (χ3v) is 6.75. The van der Waals surface area contributed by atoms with E-state index in [1.165, 1.54) is 11.8 Å². The first-order valence-corrected chi connectivity index (χ1v) is 12.2. The van der Waals surface area contributed by atoms with E-state index in [1.807, 2.05) is 31.2 Å². The summed E-state index contributed by atoms with van der Waals surface area (Å²) in [4.78, 5) is 38.0. The van der Waals surface area contributed by atoms with Crippen LogP contribution in [0.5, 0.6) is 0 Å². The van der Waals surface area contributed by atoms with Crippen molar-refractivity contribution >= 4 is 28.3 Å². The highest BCUT2D eigenvalue weighted by atomic mass is 16.1. The molecule has 1 amide bonds. The first kappa shape index (κ1) is 23.6. The van der Waals surface area contributed by atoms with Gasteiger partial charge < -0.3 is 20.1 Å². The Labute approximate surface area is 209 Å². The molecule has 1 aliphatic rings. The van der Waals surface area contributed by atoms with Crippen LogP contribution in [0.4, 0.5) is 11.4 Å². The number of piperazine rings is 1. The number of nitrogens with one attached hydrogen (secondary N) is 2. The molecule has 1 aliphatic heterocycles. The van der Waals surface area contributed by atoms with Crippen molar-refractivity contribution in [3.05, 3.63) is 77.9 Å². The fourth-order valence-corrected chi connectivity index (χ4v) is 4.70. The number of aryl methyl sites for hydroxylation is 1. The minimum atomic E-state index is -0.291. The molecule has 0 aliphatic carbocycles. The summed E-state index contributed by atoms with van der Waals surface area (Å²) in [6.07, 6.45) is 2.81. The number of H-pyrrole nitrogens is 1. The Morgan fingerprint density at radius 2 is 1.86 bits per heavy atom.